The highest BCUT2D eigenvalue weighted by Crippen LogP contribution is 2.30. The Morgan fingerprint density at radius 2 is 1.87 bits per heavy atom. The molecule has 0 fully saturated rings. The Balaban J connectivity index is 1.73. The fourth-order valence-corrected chi connectivity index (χ4v) is 3.24. The van der Waals surface area contributed by atoms with Gasteiger partial charge in [0.15, 0.2) is 0 Å². The predicted molar refractivity (Wildman–Crippen MR) is 98.0 cm³/mol. The molecule has 0 saturated heterocycles. The van der Waals surface area contributed by atoms with Crippen LogP contribution in [-0.2, 0) is 12.8 Å². The van der Waals surface area contributed by atoms with E-state index in [0.29, 0.717) is 5.92 Å². The van der Waals surface area contributed by atoms with E-state index >= 15 is 0 Å². The lowest BCUT2D eigenvalue weighted by Gasteiger charge is -2.22. The van der Waals surface area contributed by atoms with E-state index in [4.69, 9.17) is 4.74 Å². The van der Waals surface area contributed by atoms with E-state index in [1.807, 2.05) is 0 Å². The van der Waals surface area contributed by atoms with E-state index in [9.17, 15) is 0 Å². The molecule has 2 aromatic rings. The van der Waals surface area contributed by atoms with Crippen LogP contribution in [0.3, 0.4) is 0 Å². The maximum absolute atomic E-state index is 5.74. The number of hydrogen-bond acceptors (Lipinski definition) is 1. The van der Waals surface area contributed by atoms with E-state index in [-0.39, 0.29) is 0 Å². The van der Waals surface area contributed by atoms with Crippen LogP contribution < -0.4 is 4.74 Å². The molecule has 0 saturated carbocycles. The van der Waals surface area contributed by atoms with Crippen molar-refractivity contribution >= 4 is 0 Å². The van der Waals surface area contributed by atoms with Crippen LogP contribution in [0.4, 0.5) is 0 Å². The number of ether oxygens (including phenoxy) is 1. The quantitative estimate of drug-likeness (QED) is 0.482. The molecule has 0 bridgehead atoms. The van der Waals surface area contributed by atoms with E-state index < -0.39 is 0 Å². The van der Waals surface area contributed by atoms with E-state index in [1.54, 1.807) is 0 Å². The van der Waals surface area contributed by atoms with Gasteiger partial charge in [0.05, 0.1) is 6.61 Å². The van der Waals surface area contributed by atoms with Crippen LogP contribution in [0.25, 0.3) is 11.1 Å². The molecule has 0 N–H and O–H groups in total. The second-order valence-electron chi connectivity index (χ2n) is 6.45. The predicted octanol–water partition coefficient (Wildman–Crippen LogP) is 5.82. The molecule has 0 aliphatic heterocycles. The second kappa shape index (κ2) is 7.50. The first-order valence-corrected chi connectivity index (χ1v) is 8.77. The fraction of sp³-hybridized carbons (Fsp3) is 0.364. The summed E-state index contributed by atoms with van der Waals surface area (Å²) in [6.07, 6.45) is 7.91. The van der Waals surface area contributed by atoms with Gasteiger partial charge in [-0.2, -0.15) is 0 Å². The highest BCUT2D eigenvalue weighted by molar-refractivity contribution is 5.66. The molecule has 1 atom stereocenters. The van der Waals surface area contributed by atoms with Crippen LogP contribution in [0.2, 0.25) is 0 Å². The molecule has 0 radical (unpaired) electrons. The maximum atomic E-state index is 5.74. The highest BCUT2D eigenvalue weighted by Gasteiger charge is 2.16. The zero-order valence-electron chi connectivity index (χ0n) is 14.1. The minimum absolute atomic E-state index is 0.646. The third-order valence-corrected chi connectivity index (χ3v) is 4.76. The van der Waals surface area contributed by atoms with Gasteiger partial charge in [-0.3, -0.25) is 0 Å². The van der Waals surface area contributed by atoms with Crippen molar-refractivity contribution in [2.24, 2.45) is 5.92 Å². The van der Waals surface area contributed by atoms with Crippen LogP contribution >= 0.6 is 0 Å². The van der Waals surface area contributed by atoms with Gasteiger partial charge in [0.2, 0.25) is 0 Å². The molecule has 2 aromatic carbocycles. The van der Waals surface area contributed by atoms with Crippen molar-refractivity contribution in [1.82, 2.24) is 0 Å². The molecule has 1 aliphatic carbocycles. The Morgan fingerprint density at radius 3 is 2.61 bits per heavy atom. The zero-order valence-corrected chi connectivity index (χ0v) is 14.1. The summed E-state index contributed by atoms with van der Waals surface area (Å²) in [5, 5.41) is 0. The number of unbranched alkanes of at least 4 members (excludes halogenated alkanes) is 1. The van der Waals surface area contributed by atoms with Crippen molar-refractivity contribution in [2.75, 3.05) is 6.61 Å². The Kier molecular flexibility index (Phi) is 5.17. The average molecular weight is 306 g/mol. The number of aryl methyl sites for hydroxylation is 1. The van der Waals surface area contributed by atoms with Crippen LogP contribution in [0.1, 0.15) is 37.3 Å². The maximum Gasteiger partial charge on any atom is 0.119 e. The van der Waals surface area contributed by atoms with Gasteiger partial charge in [-0.05, 0) is 66.0 Å². The first-order chi connectivity index (χ1) is 11.3. The minimum atomic E-state index is 0.646. The third kappa shape index (κ3) is 3.85. The largest absolute Gasteiger partial charge is 0.494 e. The van der Waals surface area contributed by atoms with Crippen molar-refractivity contribution in [1.29, 1.82) is 0 Å². The van der Waals surface area contributed by atoms with Gasteiger partial charge in [0, 0.05) is 0 Å². The summed E-state index contributed by atoms with van der Waals surface area (Å²) in [7, 11) is 0. The molecule has 3 rings (SSSR count). The van der Waals surface area contributed by atoms with E-state index in [2.05, 4.69) is 62.0 Å². The molecule has 1 aliphatic rings. The van der Waals surface area contributed by atoms with E-state index in [0.717, 1.165) is 31.6 Å². The summed E-state index contributed by atoms with van der Waals surface area (Å²) >= 11 is 0. The lowest BCUT2D eigenvalue weighted by Crippen LogP contribution is -2.11. The summed E-state index contributed by atoms with van der Waals surface area (Å²) in [5.41, 5.74) is 5.57. The Labute approximate surface area is 140 Å². The summed E-state index contributed by atoms with van der Waals surface area (Å²) in [6.45, 7) is 6.93. The summed E-state index contributed by atoms with van der Waals surface area (Å²) in [5.74, 6) is 1.61. The molecule has 1 heteroatoms. The van der Waals surface area contributed by atoms with Crippen molar-refractivity contribution < 1.29 is 4.74 Å². The standard InChI is InChI=1S/C22H26O/c1-3-5-14-23-22-12-10-18(11-13-22)20-9-8-19-15-17(4-2)6-7-21(19)16-20/h4,8-13,16-17H,2-3,5-7,14-15H2,1H3. The van der Waals surface area contributed by atoms with Crippen LogP contribution in [0, 0.1) is 5.92 Å². The molecule has 0 heterocycles. The van der Waals surface area contributed by atoms with Gasteiger partial charge >= 0.3 is 0 Å². The van der Waals surface area contributed by atoms with Crippen LogP contribution in [0.15, 0.2) is 55.1 Å². The molecular weight excluding hydrogens is 280 g/mol. The van der Waals surface area contributed by atoms with Gasteiger partial charge in [0.1, 0.15) is 5.75 Å². The highest BCUT2D eigenvalue weighted by atomic mass is 16.5. The van der Waals surface area contributed by atoms with Crippen LogP contribution in [-0.4, -0.2) is 6.61 Å². The molecular formula is C22H26O. The van der Waals surface area contributed by atoms with Crippen molar-refractivity contribution in [3.05, 3.63) is 66.2 Å². The Bertz CT molecular complexity index is 654. The molecule has 0 spiro atoms. The lowest BCUT2D eigenvalue weighted by molar-refractivity contribution is 0.309. The van der Waals surface area contributed by atoms with Crippen molar-refractivity contribution in [2.45, 2.75) is 39.0 Å². The summed E-state index contributed by atoms with van der Waals surface area (Å²) in [4.78, 5) is 0. The van der Waals surface area contributed by atoms with Crippen molar-refractivity contribution in [3.8, 4) is 16.9 Å². The van der Waals surface area contributed by atoms with Gasteiger partial charge in [-0.1, -0.05) is 49.8 Å². The Morgan fingerprint density at radius 1 is 1.09 bits per heavy atom. The van der Waals surface area contributed by atoms with Gasteiger partial charge in [0.25, 0.3) is 0 Å². The monoisotopic (exact) mass is 306 g/mol. The lowest BCUT2D eigenvalue weighted by atomic mass is 9.83. The zero-order chi connectivity index (χ0) is 16.1. The van der Waals surface area contributed by atoms with Crippen LogP contribution in [0.5, 0.6) is 5.75 Å². The number of allylic oxidation sites excluding steroid dienone is 1. The smallest absolute Gasteiger partial charge is 0.119 e. The summed E-state index contributed by atoms with van der Waals surface area (Å²) < 4.78 is 5.74. The summed E-state index contributed by atoms with van der Waals surface area (Å²) in [6, 6.07) is 15.4. The molecule has 0 amide bonds. The van der Waals surface area contributed by atoms with Crippen molar-refractivity contribution in [3.63, 3.8) is 0 Å². The first kappa shape index (κ1) is 15.9. The Hall–Kier alpha value is -2.02. The number of benzene rings is 2. The third-order valence-electron chi connectivity index (χ3n) is 4.76. The van der Waals surface area contributed by atoms with Gasteiger partial charge < -0.3 is 4.74 Å². The topological polar surface area (TPSA) is 9.23 Å². The molecule has 23 heavy (non-hydrogen) atoms. The average Bonchev–Trinajstić information content (AvgIpc) is 2.61. The fourth-order valence-electron chi connectivity index (χ4n) is 3.24. The number of hydrogen-bond donors (Lipinski definition) is 0. The molecule has 120 valence electrons. The number of rotatable bonds is 6. The first-order valence-electron chi connectivity index (χ1n) is 8.77. The number of fused-ring (bicyclic) bond motifs is 1. The second-order valence-corrected chi connectivity index (χ2v) is 6.45. The SMILES string of the molecule is C=CC1CCc2cc(-c3ccc(OCCCC)cc3)ccc2C1. The molecule has 1 nitrogen and oxygen atoms in total. The normalized spacial score (nSPS) is 16.7. The molecule has 1 unspecified atom stereocenters. The van der Waals surface area contributed by atoms with Gasteiger partial charge in [-0.25, -0.2) is 0 Å². The molecule has 0 aromatic heterocycles. The van der Waals surface area contributed by atoms with Gasteiger partial charge in [-0.15, -0.1) is 6.58 Å². The minimum Gasteiger partial charge on any atom is -0.494 e. The van der Waals surface area contributed by atoms with E-state index in [1.165, 1.54) is 35.1 Å².